The van der Waals surface area contributed by atoms with Gasteiger partial charge in [-0.2, -0.15) is 5.26 Å². The van der Waals surface area contributed by atoms with Crippen molar-refractivity contribution in [3.8, 4) is 34.4 Å². The molecule has 2 N–H and O–H groups in total. The van der Waals surface area contributed by atoms with Crippen molar-refractivity contribution in [3.63, 3.8) is 0 Å². The summed E-state index contributed by atoms with van der Waals surface area (Å²) in [6.07, 6.45) is 10.7. The summed E-state index contributed by atoms with van der Waals surface area (Å²) in [5.74, 6) is 1.89. The maximum Gasteiger partial charge on any atom is 0.234 e. The second-order valence-corrected chi connectivity index (χ2v) is 14.6. The first-order valence-corrected chi connectivity index (χ1v) is 19.2. The van der Waals surface area contributed by atoms with Gasteiger partial charge in [0, 0.05) is 42.7 Å². The fraction of sp³-hybridized carbons (Fsp3) is 0.419. The lowest BCUT2D eigenvalue weighted by Crippen LogP contribution is -2.48. The second kappa shape index (κ2) is 18.4. The zero-order valence-corrected chi connectivity index (χ0v) is 31.7. The van der Waals surface area contributed by atoms with Crippen molar-refractivity contribution >= 4 is 17.5 Å². The molecular weight excluding hydrogens is 686 g/mol. The monoisotopic (exact) mass is 735 g/mol. The van der Waals surface area contributed by atoms with E-state index in [1.807, 2.05) is 24.3 Å². The Bertz CT molecular complexity index is 1920. The molecule has 10 heteroatoms. The molecule has 2 aliphatic heterocycles. The van der Waals surface area contributed by atoms with Crippen molar-refractivity contribution in [2.24, 2.45) is 5.73 Å². The Kier molecular flexibility index (Phi) is 13.2. The molecule has 0 saturated carbocycles. The summed E-state index contributed by atoms with van der Waals surface area (Å²) in [5, 5.41) is 9.87. The first-order valence-electron chi connectivity index (χ1n) is 18.8. The summed E-state index contributed by atoms with van der Waals surface area (Å²) in [5.41, 5.74) is 13.4. The van der Waals surface area contributed by atoms with E-state index in [9.17, 15) is 10.1 Å². The van der Waals surface area contributed by atoms with Crippen LogP contribution in [0.3, 0.4) is 0 Å². The van der Waals surface area contributed by atoms with Crippen LogP contribution in [0.15, 0.2) is 67.0 Å². The molecule has 1 amide bonds. The van der Waals surface area contributed by atoms with E-state index in [0.29, 0.717) is 35.3 Å². The average Bonchev–Trinajstić information content (AvgIpc) is 3.17. The van der Waals surface area contributed by atoms with Gasteiger partial charge in [-0.3, -0.25) is 19.6 Å². The number of likely N-dealkylation sites (tertiary alicyclic amines) is 2. The topological polar surface area (TPSA) is 114 Å². The molecule has 278 valence electrons. The van der Waals surface area contributed by atoms with E-state index in [4.69, 9.17) is 31.5 Å². The van der Waals surface area contributed by atoms with Gasteiger partial charge in [0.05, 0.1) is 23.2 Å². The maximum atomic E-state index is 11.9. The predicted octanol–water partition coefficient (Wildman–Crippen LogP) is 8.14. The molecule has 2 aliphatic rings. The molecule has 0 bridgehead atoms. The standard InChI is InChI=1S/C43H50ClN5O4/c1-30-34(11-8-12-36(30)37-13-9-15-40(31(37)2)51-20-10-19-49-18-7-4-14-39(49)43(46)50)29-53-42-23-41(52-28-33-21-32(24-45)25-47-26-33)35(22-38(42)44)27-48-16-5-3-6-17-48/h8-9,11-13,15,21-23,25-26,39H,3-7,10,14,16-20,27-29H2,1-2H3,(H2,46,50). The van der Waals surface area contributed by atoms with E-state index in [2.05, 4.69) is 59.0 Å². The highest BCUT2D eigenvalue weighted by atomic mass is 35.5. The van der Waals surface area contributed by atoms with Gasteiger partial charge in [0.1, 0.15) is 36.5 Å². The fourth-order valence-electron chi connectivity index (χ4n) is 7.47. The molecule has 0 aliphatic carbocycles. The summed E-state index contributed by atoms with van der Waals surface area (Å²) in [6, 6.07) is 20.1. The molecule has 3 heterocycles. The Balaban J connectivity index is 1.14. The van der Waals surface area contributed by atoms with Crippen molar-refractivity contribution < 1.29 is 19.0 Å². The van der Waals surface area contributed by atoms with Gasteiger partial charge in [-0.05, 0) is 112 Å². The number of rotatable bonds is 15. The predicted molar refractivity (Wildman–Crippen MR) is 208 cm³/mol. The summed E-state index contributed by atoms with van der Waals surface area (Å²) in [7, 11) is 0. The highest BCUT2D eigenvalue weighted by Gasteiger charge is 2.26. The van der Waals surface area contributed by atoms with Crippen LogP contribution in [0.1, 0.15) is 78.3 Å². The van der Waals surface area contributed by atoms with Gasteiger partial charge in [0.15, 0.2) is 0 Å². The Morgan fingerprint density at radius 2 is 1.62 bits per heavy atom. The summed E-state index contributed by atoms with van der Waals surface area (Å²) < 4.78 is 19.1. The Hall–Kier alpha value is -4.62. The number of halogens is 1. The zero-order chi connectivity index (χ0) is 37.2. The average molecular weight is 736 g/mol. The molecule has 2 fully saturated rings. The summed E-state index contributed by atoms with van der Waals surface area (Å²) in [4.78, 5) is 20.7. The van der Waals surface area contributed by atoms with E-state index in [0.717, 1.165) is 103 Å². The number of pyridine rings is 1. The number of hydrogen-bond donors (Lipinski definition) is 1. The van der Waals surface area contributed by atoms with Crippen LogP contribution >= 0.6 is 11.6 Å². The largest absolute Gasteiger partial charge is 0.493 e. The minimum Gasteiger partial charge on any atom is -0.493 e. The number of carbonyl (C=O) groups is 1. The van der Waals surface area contributed by atoms with Crippen LogP contribution < -0.4 is 19.9 Å². The number of primary amides is 1. The van der Waals surface area contributed by atoms with Crippen LogP contribution in [0.5, 0.6) is 17.2 Å². The van der Waals surface area contributed by atoms with E-state index >= 15 is 0 Å². The smallest absolute Gasteiger partial charge is 0.234 e. The van der Waals surface area contributed by atoms with E-state index in [1.165, 1.54) is 19.3 Å². The molecule has 1 aromatic heterocycles. The highest BCUT2D eigenvalue weighted by Crippen LogP contribution is 2.37. The third-order valence-corrected chi connectivity index (χ3v) is 10.8. The van der Waals surface area contributed by atoms with E-state index < -0.39 is 0 Å². The molecule has 9 nitrogen and oxygen atoms in total. The first kappa shape index (κ1) is 38.1. The molecule has 1 atom stereocenters. The van der Waals surface area contributed by atoms with Crippen molar-refractivity contribution in [1.29, 1.82) is 5.26 Å². The lowest BCUT2D eigenvalue weighted by Gasteiger charge is -2.33. The SMILES string of the molecule is Cc1c(COc2cc(OCc3cncc(C#N)c3)c(CN3CCCCC3)cc2Cl)cccc1-c1cccc(OCCCN2CCCCC2C(N)=O)c1C. The molecule has 53 heavy (non-hydrogen) atoms. The van der Waals surface area contributed by atoms with Crippen LogP contribution in [0.2, 0.25) is 5.02 Å². The number of nitrogens with two attached hydrogens (primary N) is 1. The maximum absolute atomic E-state index is 11.9. The van der Waals surface area contributed by atoms with E-state index in [1.54, 1.807) is 18.5 Å². The van der Waals surface area contributed by atoms with Crippen molar-refractivity contribution in [1.82, 2.24) is 14.8 Å². The van der Waals surface area contributed by atoms with Gasteiger partial charge in [0.2, 0.25) is 5.91 Å². The molecular formula is C43H50ClN5O4. The van der Waals surface area contributed by atoms with Gasteiger partial charge in [-0.25, -0.2) is 0 Å². The van der Waals surface area contributed by atoms with E-state index in [-0.39, 0.29) is 18.6 Å². The third kappa shape index (κ3) is 9.88. The molecule has 3 aromatic carbocycles. The molecule has 1 unspecified atom stereocenters. The van der Waals surface area contributed by atoms with Crippen LogP contribution in [-0.2, 0) is 24.6 Å². The number of hydrogen-bond acceptors (Lipinski definition) is 8. The summed E-state index contributed by atoms with van der Waals surface area (Å²) >= 11 is 6.88. The number of piperidine rings is 2. The Labute approximate surface area is 318 Å². The van der Waals surface area contributed by atoms with Gasteiger partial charge in [0.25, 0.3) is 0 Å². The minimum absolute atomic E-state index is 0.166. The lowest BCUT2D eigenvalue weighted by atomic mass is 9.93. The molecule has 0 spiro atoms. The van der Waals surface area contributed by atoms with Crippen LogP contribution in [0.25, 0.3) is 11.1 Å². The quantitative estimate of drug-likeness (QED) is 0.122. The van der Waals surface area contributed by atoms with Gasteiger partial charge < -0.3 is 19.9 Å². The molecule has 0 radical (unpaired) electrons. The van der Waals surface area contributed by atoms with Gasteiger partial charge in [-0.15, -0.1) is 0 Å². The number of ether oxygens (including phenoxy) is 3. The van der Waals surface area contributed by atoms with Gasteiger partial charge >= 0.3 is 0 Å². The minimum atomic E-state index is -0.228. The second-order valence-electron chi connectivity index (χ2n) is 14.2. The van der Waals surface area contributed by atoms with Crippen molar-refractivity contribution in [3.05, 3.63) is 105 Å². The lowest BCUT2D eigenvalue weighted by molar-refractivity contribution is -0.124. The number of nitrogens with zero attached hydrogens (tertiary/aromatic N) is 4. The zero-order valence-electron chi connectivity index (χ0n) is 30.9. The number of amides is 1. The van der Waals surface area contributed by atoms with Crippen LogP contribution in [-0.4, -0.2) is 59.5 Å². The van der Waals surface area contributed by atoms with Crippen molar-refractivity contribution in [2.45, 2.75) is 84.6 Å². The van der Waals surface area contributed by atoms with Gasteiger partial charge in [-0.1, -0.05) is 54.8 Å². The number of carbonyl (C=O) groups excluding carboxylic acids is 1. The fourth-order valence-corrected chi connectivity index (χ4v) is 7.71. The molecule has 4 aromatic rings. The Morgan fingerprint density at radius 1 is 0.868 bits per heavy atom. The molecule has 6 rings (SSSR count). The number of benzene rings is 3. The normalized spacial score (nSPS) is 16.5. The van der Waals surface area contributed by atoms with Crippen molar-refractivity contribution in [2.75, 3.05) is 32.8 Å². The number of aromatic nitrogens is 1. The summed E-state index contributed by atoms with van der Waals surface area (Å²) in [6.45, 7) is 9.91. The number of nitriles is 1. The third-order valence-electron chi connectivity index (χ3n) is 10.5. The van der Waals surface area contributed by atoms with Crippen LogP contribution in [0.4, 0.5) is 0 Å². The molecule has 2 saturated heterocycles. The highest BCUT2D eigenvalue weighted by molar-refractivity contribution is 6.32. The Morgan fingerprint density at radius 3 is 2.42 bits per heavy atom. The first-order chi connectivity index (χ1) is 25.8. The van der Waals surface area contributed by atoms with Crippen LogP contribution in [0, 0.1) is 25.2 Å².